The second kappa shape index (κ2) is 6.70. The van der Waals surface area contributed by atoms with E-state index in [0.717, 1.165) is 40.5 Å². The SMILES string of the molecule is CCCc1nc(Br)cc(N(C)c2ccc(OC)cc2)n1. The maximum atomic E-state index is 5.17. The molecule has 0 fully saturated rings. The van der Waals surface area contributed by atoms with Crippen molar-refractivity contribution in [1.29, 1.82) is 0 Å². The summed E-state index contributed by atoms with van der Waals surface area (Å²) in [6.45, 7) is 2.12. The van der Waals surface area contributed by atoms with E-state index in [1.807, 2.05) is 42.3 Å². The topological polar surface area (TPSA) is 38.2 Å². The summed E-state index contributed by atoms with van der Waals surface area (Å²) in [5.41, 5.74) is 1.05. The Morgan fingerprint density at radius 2 is 1.90 bits per heavy atom. The van der Waals surface area contributed by atoms with Crippen molar-refractivity contribution in [2.24, 2.45) is 0 Å². The lowest BCUT2D eigenvalue weighted by molar-refractivity contribution is 0.415. The summed E-state index contributed by atoms with van der Waals surface area (Å²) >= 11 is 3.45. The fourth-order valence-electron chi connectivity index (χ4n) is 1.90. The van der Waals surface area contributed by atoms with E-state index < -0.39 is 0 Å². The molecule has 106 valence electrons. The molecule has 0 bridgehead atoms. The first kappa shape index (κ1) is 14.8. The van der Waals surface area contributed by atoms with E-state index in [1.54, 1.807) is 7.11 Å². The van der Waals surface area contributed by atoms with Crippen molar-refractivity contribution in [2.45, 2.75) is 19.8 Å². The van der Waals surface area contributed by atoms with Crippen LogP contribution in [-0.2, 0) is 6.42 Å². The number of hydrogen-bond donors (Lipinski definition) is 0. The van der Waals surface area contributed by atoms with Gasteiger partial charge < -0.3 is 9.64 Å². The highest BCUT2D eigenvalue weighted by molar-refractivity contribution is 9.10. The van der Waals surface area contributed by atoms with E-state index in [1.165, 1.54) is 0 Å². The molecule has 0 spiro atoms. The van der Waals surface area contributed by atoms with Crippen molar-refractivity contribution < 1.29 is 4.74 Å². The molecule has 2 aromatic rings. The van der Waals surface area contributed by atoms with Crippen LogP contribution in [0.5, 0.6) is 5.75 Å². The summed E-state index contributed by atoms with van der Waals surface area (Å²) in [5.74, 6) is 2.58. The van der Waals surface area contributed by atoms with Gasteiger partial charge in [0.1, 0.15) is 22.0 Å². The zero-order chi connectivity index (χ0) is 14.5. The Balaban J connectivity index is 2.29. The maximum Gasteiger partial charge on any atom is 0.137 e. The molecule has 0 aliphatic rings. The number of aromatic nitrogens is 2. The third kappa shape index (κ3) is 3.48. The summed E-state index contributed by atoms with van der Waals surface area (Å²) in [6.07, 6.45) is 1.91. The quantitative estimate of drug-likeness (QED) is 0.775. The second-order valence-electron chi connectivity index (χ2n) is 4.47. The van der Waals surface area contributed by atoms with E-state index in [0.29, 0.717) is 0 Å². The highest BCUT2D eigenvalue weighted by atomic mass is 79.9. The molecule has 5 heteroatoms. The average molecular weight is 336 g/mol. The largest absolute Gasteiger partial charge is 0.497 e. The van der Waals surface area contributed by atoms with Crippen LogP contribution in [0.15, 0.2) is 34.9 Å². The van der Waals surface area contributed by atoms with Crippen LogP contribution in [0.1, 0.15) is 19.2 Å². The third-order valence-electron chi connectivity index (χ3n) is 3.00. The van der Waals surface area contributed by atoms with Crippen LogP contribution < -0.4 is 9.64 Å². The lowest BCUT2D eigenvalue weighted by Gasteiger charge is -2.19. The van der Waals surface area contributed by atoms with E-state index in [2.05, 4.69) is 32.8 Å². The van der Waals surface area contributed by atoms with Gasteiger partial charge in [-0.1, -0.05) is 6.92 Å². The van der Waals surface area contributed by atoms with Crippen molar-refractivity contribution in [3.8, 4) is 5.75 Å². The predicted octanol–water partition coefficient (Wildman–Crippen LogP) is 3.97. The minimum Gasteiger partial charge on any atom is -0.497 e. The van der Waals surface area contributed by atoms with Crippen molar-refractivity contribution in [1.82, 2.24) is 9.97 Å². The van der Waals surface area contributed by atoms with Gasteiger partial charge in [0.05, 0.1) is 7.11 Å². The fourth-order valence-corrected chi connectivity index (χ4v) is 2.31. The van der Waals surface area contributed by atoms with Gasteiger partial charge in [0.2, 0.25) is 0 Å². The summed E-state index contributed by atoms with van der Waals surface area (Å²) < 4.78 is 5.98. The van der Waals surface area contributed by atoms with Gasteiger partial charge >= 0.3 is 0 Å². The Morgan fingerprint density at radius 1 is 1.20 bits per heavy atom. The van der Waals surface area contributed by atoms with Gasteiger partial charge in [0.25, 0.3) is 0 Å². The lowest BCUT2D eigenvalue weighted by Crippen LogP contribution is -2.13. The summed E-state index contributed by atoms with van der Waals surface area (Å²) in [7, 11) is 3.66. The first-order valence-electron chi connectivity index (χ1n) is 6.55. The molecule has 0 aliphatic heterocycles. The second-order valence-corrected chi connectivity index (χ2v) is 5.28. The van der Waals surface area contributed by atoms with Crippen LogP contribution >= 0.6 is 15.9 Å². The number of anilines is 2. The number of methoxy groups -OCH3 is 1. The number of nitrogens with zero attached hydrogens (tertiary/aromatic N) is 3. The molecule has 0 N–H and O–H groups in total. The van der Waals surface area contributed by atoms with E-state index in [4.69, 9.17) is 4.74 Å². The van der Waals surface area contributed by atoms with Crippen molar-refractivity contribution in [3.05, 3.63) is 40.8 Å². The summed E-state index contributed by atoms with van der Waals surface area (Å²) in [6, 6.07) is 9.82. The molecular formula is C15H18BrN3O. The highest BCUT2D eigenvalue weighted by Crippen LogP contribution is 2.25. The molecule has 1 aromatic heterocycles. The molecule has 1 heterocycles. The first-order chi connectivity index (χ1) is 9.63. The number of hydrogen-bond acceptors (Lipinski definition) is 4. The molecule has 0 saturated heterocycles. The zero-order valence-corrected chi connectivity index (χ0v) is 13.5. The Morgan fingerprint density at radius 3 is 2.50 bits per heavy atom. The molecule has 0 unspecified atom stereocenters. The molecule has 0 aliphatic carbocycles. The molecule has 2 rings (SSSR count). The minimum absolute atomic E-state index is 0.811. The van der Waals surface area contributed by atoms with Crippen molar-refractivity contribution >= 4 is 27.4 Å². The van der Waals surface area contributed by atoms with Gasteiger partial charge in [-0.3, -0.25) is 0 Å². The molecule has 0 atom stereocenters. The smallest absolute Gasteiger partial charge is 0.137 e. The van der Waals surface area contributed by atoms with Gasteiger partial charge in [-0.25, -0.2) is 9.97 Å². The highest BCUT2D eigenvalue weighted by Gasteiger charge is 2.09. The number of halogens is 1. The van der Waals surface area contributed by atoms with Gasteiger partial charge in [-0.2, -0.15) is 0 Å². The number of aryl methyl sites for hydroxylation is 1. The lowest BCUT2D eigenvalue weighted by atomic mass is 10.2. The molecule has 0 amide bonds. The minimum atomic E-state index is 0.811. The monoisotopic (exact) mass is 335 g/mol. The Kier molecular flexibility index (Phi) is 4.95. The summed E-state index contributed by atoms with van der Waals surface area (Å²) in [5, 5.41) is 0. The predicted molar refractivity (Wildman–Crippen MR) is 84.8 cm³/mol. The molecule has 20 heavy (non-hydrogen) atoms. The fraction of sp³-hybridized carbons (Fsp3) is 0.333. The molecule has 1 aromatic carbocycles. The molecular weight excluding hydrogens is 318 g/mol. The third-order valence-corrected chi connectivity index (χ3v) is 3.41. The van der Waals surface area contributed by atoms with Crippen LogP contribution in [0.4, 0.5) is 11.5 Å². The molecule has 4 nitrogen and oxygen atoms in total. The van der Waals surface area contributed by atoms with E-state index in [-0.39, 0.29) is 0 Å². The van der Waals surface area contributed by atoms with Gasteiger partial charge in [0, 0.05) is 25.2 Å². The standard InChI is InChI=1S/C15H18BrN3O/c1-4-5-14-17-13(16)10-15(18-14)19(2)11-6-8-12(20-3)9-7-11/h6-10H,4-5H2,1-3H3. The van der Waals surface area contributed by atoms with Gasteiger partial charge in [0.15, 0.2) is 0 Å². The Bertz CT molecular complexity index is 572. The molecule has 0 radical (unpaired) electrons. The van der Waals surface area contributed by atoms with Crippen LogP contribution in [-0.4, -0.2) is 24.1 Å². The first-order valence-corrected chi connectivity index (χ1v) is 7.34. The normalized spacial score (nSPS) is 10.4. The van der Waals surface area contributed by atoms with Crippen molar-refractivity contribution in [2.75, 3.05) is 19.1 Å². The maximum absolute atomic E-state index is 5.17. The van der Waals surface area contributed by atoms with Crippen LogP contribution in [0, 0.1) is 0 Å². The van der Waals surface area contributed by atoms with Crippen molar-refractivity contribution in [3.63, 3.8) is 0 Å². The Labute approximate surface area is 127 Å². The van der Waals surface area contributed by atoms with Gasteiger partial charge in [-0.15, -0.1) is 0 Å². The number of ether oxygens (including phenoxy) is 1. The van der Waals surface area contributed by atoms with E-state index >= 15 is 0 Å². The van der Waals surface area contributed by atoms with Crippen LogP contribution in [0.25, 0.3) is 0 Å². The Hall–Kier alpha value is -1.62. The number of benzene rings is 1. The van der Waals surface area contributed by atoms with E-state index in [9.17, 15) is 0 Å². The summed E-state index contributed by atoms with van der Waals surface area (Å²) in [4.78, 5) is 11.0. The van der Waals surface area contributed by atoms with Crippen LogP contribution in [0.3, 0.4) is 0 Å². The van der Waals surface area contributed by atoms with Crippen LogP contribution in [0.2, 0.25) is 0 Å². The molecule has 0 saturated carbocycles. The zero-order valence-electron chi connectivity index (χ0n) is 11.9. The van der Waals surface area contributed by atoms with Gasteiger partial charge in [-0.05, 0) is 46.6 Å². The number of rotatable bonds is 5. The average Bonchev–Trinajstić information content (AvgIpc) is 2.46.